The molecule has 0 N–H and O–H groups in total. The lowest BCUT2D eigenvalue weighted by atomic mass is 9.92. The van der Waals surface area contributed by atoms with Crippen LogP contribution in [-0.4, -0.2) is 13.9 Å². The quantitative estimate of drug-likeness (QED) is 0.633. The van der Waals surface area contributed by atoms with Crippen LogP contribution < -0.4 is 0 Å². The first-order chi connectivity index (χ1) is 6.66. The molecule has 0 aromatic rings. The van der Waals surface area contributed by atoms with Crippen LogP contribution in [-0.2, 0) is 4.43 Å². The summed E-state index contributed by atoms with van der Waals surface area (Å²) in [7, 11) is -1.31. The summed E-state index contributed by atoms with van der Waals surface area (Å²) in [4.78, 5) is 0. The SMILES string of the molecule is CCC1(CC)CCC[Si](CC)(CC)O1. The Bertz CT molecular complexity index is 153. The highest BCUT2D eigenvalue weighted by molar-refractivity contribution is 6.73. The van der Waals surface area contributed by atoms with Crippen LogP contribution in [0.5, 0.6) is 0 Å². The maximum absolute atomic E-state index is 6.60. The van der Waals surface area contributed by atoms with Crippen LogP contribution in [0.1, 0.15) is 53.4 Å². The van der Waals surface area contributed by atoms with E-state index in [1.54, 1.807) is 0 Å². The molecular weight excluding hydrogens is 188 g/mol. The predicted octanol–water partition coefficient (Wildman–Crippen LogP) is 4.34. The van der Waals surface area contributed by atoms with Crippen LogP contribution in [0.3, 0.4) is 0 Å². The molecule has 0 radical (unpaired) electrons. The van der Waals surface area contributed by atoms with Crippen molar-refractivity contribution >= 4 is 8.32 Å². The predicted molar refractivity (Wildman–Crippen MR) is 65.2 cm³/mol. The molecule has 0 aromatic carbocycles. The Kier molecular flexibility index (Phi) is 4.20. The molecule has 1 heterocycles. The number of hydrogen-bond acceptors (Lipinski definition) is 1. The van der Waals surface area contributed by atoms with E-state index >= 15 is 0 Å². The fourth-order valence-electron chi connectivity index (χ4n) is 2.79. The van der Waals surface area contributed by atoms with Gasteiger partial charge in [0.15, 0.2) is 8.32 Å². The Morgan fingerprint density at radius 3 is 2.07 bits per heavy atom. The van der Waals surface area contributed by atoms with E-state index in [0.717, 1.165) is 0 Å². The van der Waals surface area contributed by atoms with Gasteiger partial charge in [-0.2, -0.15) is 0 Å². The number of hydrogen-bond donors (Lipinski definition) is 0. The maximum Gasteiger partial charge on any atom is 0.193 e. The third kappa shape index (κ3) is 2.22. The lowest BCUT2D eigenvalue weighted by Gasteiger charge is -2.46. The summed E-state index contributed by atoms with van der Waals surface area (Å²) >= 11 is 0. The lowest BCUT2D eigenvalue weighted by molar-refractivity contribution is 0.0235. The van der Waals surface area contributed by atoms with E-state index in [1.807, 2.05) is 0 Å². The highest BCUT2D eigenvalue weighted by Crippen LogP contribution is 2.41. The molecule has 1 aliphatic rings. The molecule has 1 rings (SSSR count). The largest absolute Gasteiger partial charge is 0.411 e. The Balaban J connectivity index is 2.75. The highest BCUT2D eigenvalue weighted by atomic mass is 28.4. The van der Waals surface area contributed by atoms with E-state index in [1.165, 1.54) is 43.8 Å². The van der Waals surface area contributed by atoms with Gasteiger partial charge in [-0.25, -0.2) is 0 Å². The Morgan fingerprint density at radius 1 is 1.07 bits per heavy atom. The van der Waals surface area contributed by atoms with Crippen molar-refractivity contribution in [3.05, 3.63) is 0 Å². The van der Waals surface area contributed by atoms with Crippen LogP contribution >= 0.6 is 0 Å². The zero-order chi connectivity index (χ0) is 10.7. The van der Waals surface area contributed by atoms with Crippen molar-refractivity contribution in [1.29, 1.82) is 0 Å². The first-order valence-electron chi connectivity index (χ1n) is 6.36. The van der Waals surface area contributed by atoms with E-state index in [0.29, 0.717) is 0 Å². The maximum atomic E-state index is 6.60. The standard InChI is InChI=1S/C12H26OSi/c1-5-12(6-2)10-9-11-14(7-3,8-4)13-12/h5-11H2,1-4H3. The first kappa shape index (κ1) is 12.2. The van der Waals surface area contributed by atoms with Gasteiger partial charge in [0.2, 0.25) is 0 Å². The summed E-state index contributed by atoms with van der Waals surface area (Å²) in [5.74, 6) is 0. The second-order valence-corrected chi connectivity index (χ2v) is 9.22. The summed E-state index contributed by atoms with van der Waals surface area (Å²) < 4.78 is 6.60. The molecule has 2 heteroatoms. The van der Waals surface area contributed by atoms with E-state index in [4.69, 9.17) is 4.43 Å². The zero-order valence-corrected chi connectivity index (χ0v) is 11.4. The number of rotatable bonds is 4. The summed E-state index contributed by atoms with van der Waals surface area (Å²) in [5.41, 5.74) is 0.260. The molecule has 1 nitrogen and oxygen atoms in total. The summed E-state index contributed by atoms with van der Waals surface area (Å²) in [5, 5.41) is 0. The zero-order valence-electron chi connectivity index (χ0n) is 10.4. The molecule has 0 atom stereocenters. The molecule has 0 aliphatic carbocycles. The van der Waals surface area contributed by atoms with Crippen molar-refractivity contribution in [2.24, 2.45) is 0 Å². The molecule has 0 amide bonds. The second-order valence-electron chi connectivity index (χ2n) is 4.74. The van der Waals surface area contributed by atoms with E-state index < -0.39 is 8.32 Å². The minimum absolute atomic E-state index is 0.260. The van der Waals surface area contributed by atoms with Crippen LogP contribution in [0.15, 0.2) is 0 Å². The monoisotopic (exact) mass is 214 g/mol. The van der Waals surface area contributed by atoms with Gasteiger partial charge in [0.25, 0.3) is 0 Å². The molecule has 0 aromatic heterocycles. The highest BCUT2D eigenvalue weighted by Gasteiger charge is 2.43. The fourth-order valence-corrected chi connectivity index (χ4v) is 6.52. The van der Waals surface area contributed by atoms with Crippen LogP contribution in [0, 0.1) is 0 Å². The molecule has 1 fully saturated rings. The van der Waals surface area contributed by atoms with Gasteiger partial charge in [0, 0.05) is 0 Å². The third-order valence-corrected chi connectivity index (χ3v) is 8.98. The molecule has 14 heavy (non-hydrogen) atoms. The smallest absolute Gasteiger partial charge is 0.193 e. The normalized spacial score (nSPS) is 24.9. The van der Waals surface area contributed by atoms with E-state index in [9.17, 15) is 0 Å². The van der Waals surface area contributed by atoms with E-state index in [2.05, 4.69) is 27.7 Å². The van der Waals surface area contributed by atoms with Gasteiger partial charge in [-0.15, -0.1) is 0 Å². The molecule has 0 bridgehead atoms. The Hall–Kier alpha value is 0.177. The second kappa shape index (κ2) is 4.80. The molecule has 0 spiro atoms. The fraction of sp³-hybridized carbons (Fsp3) is 1.00. The van der Waals surface area contributed by atoms with Gasteiger partial charge < -0.3 is 4.43 Å². The van der Waals surface area contributed by atoms with Crippen molar-refractivity contribution in [3.8, 4) is 0 Å². The molecule has 1 aliphatic heterocycles. The Morgan fingerprint density at radius 2 is 1.64 bits per heavy atom. The first-order valence-corrected chi connectivity index (χ1v) is 8.89. The molecule has 84 valence electrons. The van der Waals surface area contributed by atoms with Gasteiger partial charge in [-0.1, -0.05) is 34.1 Å². The van der Waals surface area contributed by atoms with Gasteiger partial charge in [0.1, 0.15) is 0 Å². The summed E-state index contributed by atoms with van der Waals surface area (Å²) in [6.07, 6.45) is 5.13. The van der Waals surface area contributed by atoms with Gasteiger partial charge in [0.05, 0.1) is 5.60 Å². The average molecular weight is 214 g/mol. The summed E-state index contributed by atoms with van der Waals surface area (Å²) in [6.45, 7) is 9.24. The summed E-state index contributed by atoms with van der Waals surface area (Å²) in [6, 6.07) is 4.03. The van der Waals surface area contributed by atoms with Crippen LogP contribution in [0.2, 0.25) is 18.1 Å². The van der Waals surface area contributed by atoms with Gasteiger partial charge in [-0.05, 0) is 37.4 Å². The van der Waals surface area contributed by atoms with Gasteiger partial charge in [-0.3, -0.25) is 0 Å². The van der Waals surface area contributed by atoms with Crippen molar-refractivity contribution in [2.45, 2.75) is 77.1 Å². The lowest BCUT2D eigenvalue weighted by Crippen LogP contribution is -2.50. The Labute approximate surface area is 90.4 Å². The third-order valence-electron chi connectivity index (χ3n) is 4.28. The van der Waals surface area contributed by atoms with Crippen molar-refractivity contribution in [2.75, 3.05) is 0 Å². The van der Waals surface area contributed by atoms with Gasteiger partial charge >= 0.3 is 0 Å². The van der Waals surface area contributed by atoms with Crippen molar-refractivity contribution in [3.63, 3.8) is 0 Å². The van der Waals surface area contributed by atoms with Crippen molar-refractivity contribution < 1.29 is 4.43 Å². The minimum atomic E-state index is -1.31. The van der Waals surface area contributed by atoms with Crippen molar-refractivity contribution in [1.82, 2.24) is 0 Å². The topological polar surface area (TPSA) is 9.23 Å². The van der Waals surface area contributed by atoms with Crippen LogP contribution in [0.25, 0.3) is 0 Å². The molecule has 1 saturated heterocycles. The molecule has 0 saturated carbocycles. The minimum Gasteiger partial charge on any atom is -0.411 e. The van der Waals surface area contributed by atoms with Crippen LogP contribution in [0.4, 0.5) is 0 Å². The molecule has 0 unspecified atom stereocenters. The molecular formula is C12H26OSi. The average Bonchev–Trinajstić information content (AvgIpc) is 2.29. The van der Waals surface area contributed by atoms with E-state index in [-0.39, 0.29) is 5.60 Å².